The molecule has 0 aliphatic carbocycles. The first-order valence-electron chi connectivity index (χ1n) is 4.16. The summed E-state index contributed by atoms with van der Waals surface area (Å²) in [5.41, 5.74) is 0.873. The molecular formula is C9H8Cl2O4S. The van der Waals surface area contributed by atoms with Crippen LogP contribution in [0.3, 0.4) is 0 Å². The van der Waals surface area contributed by atoms with E-state index in [9.17, 15) is 13.2 Å². The van der Waals surface area contributed by atoms with Crippen LogP contribution in [0.15, 0.2) is 24.3 Å². The molecule has 0 aliphatic rings. The maximum absolute atomic E-state index is 11.0. The lowest BCUT2D eigenvalue weighted by Gasteiger charge is -2.09. The highest BCUT2D eigenvalue weighted by molar-refractivity contribution is 7.87. The Hall–Kier alpha value is -0.620. The van der Waals surface area contributed by atoms with Crippen LogP contribution in [0.5, 0.6) is 0 Å². The van der Waals surface area contributed by atoms with Gasteiger partial charge in [-0.05, 0) is 22.7 Å². The van der Waals surface area contributed by atoms with Crippen LogP contribution >= 0.6 is 23.2 Å². The third-order valence-corrected chi connectivity index (χ3v) is 3.68. The van der Waals surface area contributed by atoms with Crippen molar-refractivity contribution in [2.45, 2.75) is 11.1 Å². The summed E-state index contributed by atoms with van der Waals surface area (Å²) in [7, 11) is -4.55. The number of hydrogen-bond donors (Lipinski definition) is 1. The lowest BCUT2D eigenvalue weighted by molar-refractivity contribution is -0.111. The van der Waals surface area contributed by atoms with Gasteiger partial charge in [-0.1, -0.05) is 24.3 Å². The predicted octanol–water partition coefficient (Wildman–Crippen LogP) is 2.12. The van der Waals surface area contributed by atoms with Gasteiger partial charge in [-0.25, -0.2) is 0 Å². The monoisotopic (exact) mass is 282 g/mol. The van der Waals surface area contributed by atoms with Gasteiger partial charge in [0.15, 0.2) is 5.25 Å². The smallest absolute Gasteiger partial charge is 0.280 e. The van der Waals surface area contributed by atoms with Gasteiger partial charge >= 0.3 is 0 Å². The molecule has 0 heterocycles. The summed E-state index contributed by atoms with van der Waals surface area (Å²) in [5.74, 6) is 0.269. The summed E-state index contributed by atoms with van der Waals surface area (Å²) in [4.78, 5) is 10.9. The zero-order valence-corrected chi connectivity index (χ0v) is 10.3. The third kappa shape index (κ3) is 3.18. The van der Waals surface area contributed by atoms with E-state index in [2.05, 4.69) is 0 Å². The van der Waals surface area contributed by atoms with Gasteiger partial charge in [0, 0.05) is 5.88 Å². The molecule has 16 heavy (non-hydrogen) atoms. The first-order valence-corrected chi connectivity index (χ1v) is 6.58. The first kappa shape index (κ1) is 13.4. The molecule has 1 aromatic carbocycles. The Bertz CT molecular complexity index is 481. The molecule has 0 fully saturated rings. The van der Waals surface area contributed by atoms with Crippen LogP contribution in [0.4, 0.5) is 0 Å². The van der Waals surface area contributed by atoms with Crippen molar-refractivity contribution in [3.05, 3.63) is 35.4 Å². The van der Waals surface area contributed by atoms with Gasteiger partial charge in [0.25, 0.3) is 10.1 Å². The van der Waals surface area contributed by atoms with Crippen molar-refractivity contribution in [2.24, 2.45) is 0 Å². The summed E-state index contributed by atoms with van der Waals surface area (Å²) < 4.78 is 30.8. The second kappa shape index (κ2) is 5.14. The molecule has 0 radical (unpaired) electrons. The highest BCUT2D eigenvalue weighted by Crippen LogP contribution is 2.24. The van der Waals surface area contributed by atoms with Crippen molar-refractivity contribution < 1.29 is 17.8 Å². The van der Waals surface area contributed by atoms with Gasteiger partial charge in [-0.15, -0.1) is 11.6 Å². The van der Waals surface area contributed by atoms with Crippen molar-refractivity contribution >= 4 is 38.6 Å². The van der Waals surface area contributed by atoms with Crippen molar-refractivity contribution in [2.75, 3.05) is 0 Å². The van der Waals surface area contributed by atoms with Crippen molar-refractivity contribution in [3.63, 3.8) is 0 Å². The summed E-state index contributed by atoms with van der Waals surface area (Å²) in [6, 6.07) is 5.88. The minimum Gasteiger partial charge on any atom is -0.285 e. The normalized spacial score (nSPS) is 13.4. The van der Waals surface area contributed by atoms with Crippen molar-refractivity contribution in [3.8, 4) is 0 Å². The highest BCUT2D eigenvalue weighted by Gasteiger charge is 2.31. The third-order valence-electron chi connectivity index (χ3n) is 1.94. The zero-order valence-electron chi connectivity index (χ0n) is 7.93. The second-order valence-corrected chi connectivity index (χ2v) is 5.22. The largest absolute Gasteiger partial charge is 0.285 e. The van der Waals surface area contributed by atoms with Crippen LogP contribution in [0.25, 0.3) is 0 Å². The molecule has 7 heteroatoms. The van der Waals surface area contributed by atoms with E-state index in [0.717, 1.165) is 5.56 Å². The SMILES string of the molecule is O=C(Cl)C(c1ccc(CCl)cc1)S(=O)(=O)O. The maximum Gasteiger partial charge on any atom is 0.280 e. The molecule has 0 amide bonds. The van der Waals surface area contributed by atoms with Gasteiger partial charge in [0.05, 0.1) is 0 Å². The molecule has 0 aliphatic heterocycles. The lowest BCUT2D eigenvalue weighted by atomic mass is 10.1. The van der Waals surface area contributed by atoms with E-state index in [1.807, 2.05) is 0 Å². The van der Waals surface area contributed by atoms with E-state index >= 15 is 0 Å². The standard InChI is InChI=1S/C9H8Cl2O4S/c10-5-6-1-3-7(4-2-6)8(9(11)12)16(13,14)15/h1-4,8H,5H2,(H,13,14,15). The van der Waals surface area contributed by atoms with Gasteiger partial charge in [-0.3, -0.25) is 9.35 Å². The van der Waals surface area contributed by atoms with Crippen molar-refractivity contribution in [1.29, 1.82) is 0 Å². The Morgan fingerprint density at radius 3 is 2.12 bits per heavy atom. The number of carbonyl (C=O) groups excluding carboxylic acids is 1. The van der Waals surface area contributed by atoms with E-state index in [0.29, 0.717) is 0 Å². The number of halogens is 2. The van der Waals surface area contributed by atoms with Gasteiger partial charge in [0.1, 0.15) is 0 Å². The van der Waals surface area contributed by atoms with Crippen LogP contribution in [0, 0.1) is 0 Å². The van der Waals surface area contributed by atoms with Gasteiger partial charge < -0.3 is 0 Å². The molecule has 88 valence electrons. The van der Waals surface area contributed by atoms with Crippen LogP contribution < -0.4 is 0 Å². The number of carbonyl (C=O) groups is 1. The number of hydrogen-bond acceptors (Lipinski definition) is 3. The molecule has 0 bridgehead atoms. The molecule has 1 atom stereocenters. The van der Waals surface area contributed by atoms with Crippen LogP contribution in [0.2, 0.25) is 0 Å². The Morgan fingerprint density at radius 2 is 1.81 bits per heavy atom. The first-order chi connectivity index (χ1) is 7.36. The average Bonchev–Trinajstić information content (AvgIpc) is 2.16. The van der Waals surface area contributed by atoms with Gasteiger partial charge in [0.2, 0.25) is 5.24 Å². The number of benzene rings is 1. The summed E-state index contributed by atoms with van der Waals surface area (Å²) in [6.07, 6.45) is 0. The van der Waals surface area contributed by atoms with Crippen LogP contribution in [0.1, 0.15) is 16.4 Å². The topological polar surface area (TPSA) is 71.4 Å². The molecule has 4 nitrogen and oxygen atoms in total. The summed E-state index contributed by atoms with van der Waals surface area (Å²) >= 11 is 10.7. The molecule has 1 N–H and O–H groups in total. The van der Waals surface area contributed by atoms with Crippen LogP contribution in [-0.4, -0.2) is 18.2 Å². The Balaban J connectivity index is 3.18. The Morgan fingerprint density at radius 1 is 1.31 bits per heavy atom. The average molecular weight is 283 g/mol. The van der Waals surface area contributed by atoms with E-state index < -0.39 is 20.6 Å². The summed E-state index contributed by atoms with van der Waals surface area (Å²) in [5, 5.41) is -2.90. The maximum atomic E-state index is 11.0. The fourth-order valence-corrected chi connectivity index (χ4v) is 2.58. The molecule has 1 rings (SSSR count). The molecule has 1 unspecified atom stereocenters. The predicted molar refractivity (Wildman–Crippen MR) is 61.1 cm³/mol. The molecular weight excluding hydrogens is 275 g/mol. The minimum atomic E-state index is -4.55. The van der Waals surface area contributed by atoms with Crippen molar-refractivity contribution in [1.82, 2.24) is 0 Å². The fourth-order valence-electron chi connectivity index (χ4n) is 1.20. The number of alkyl halides is 1. The molecule has 0 aromatic heterocycles. The van der Waals surface area contributed by atoms with E-state index in [-0.39, 0.29) is 11.4 Å². The van der Waals surface area contributed by atoms with Crippen LogP contribution in [-0.2, 0) is 20.8 Å². The molecule has 1 aromatic rings. The fraction of sp³-hybridized carbons (Fsp3) is 0.222. The second-order valence-electron chi connectivity index (χ2n) is 3.07. The zero-order chi connectivity index (χ0) is 12.3. The van der Waals surface area contributed by atoms with E-state index in [1.54, 1.807) is 12.1 Å². The van der Waals surface area contributed by atoms with E-state index in [1.165, 1.54) is 12.1 Å². The highest BCUT2D eigenvalue weighted by atomic mass is 35.5. The quantitative estimate of drug-likeness (QED) is 0.522. The van der Waals surface area contributed by atoms with E-state index in [4.69, 9.17) is 27.8 Å². The Kier molecular flexibility index (Phi) is 4.32. The molecule has 0 saturated heterocycles. The number of rotatable bonds is 4. The van der Waals surface area contributed by atoms with Gasteiger partial charge in [-0.2, -0.15) is 8.42 Å². The molecule has 0 saturated carbocycles. The Labute approximate surface area is 103 Å². The summed E-state index contributed by atoms with van der Waals surface area (Å²) in [6.45, 7) is 0. The lowest BCUT2D eigenvalue weighted by Crippen LogP contribution is -2.17. The minimum absolute atomic E-state index is 0.108. The molecule has 0 spiro atoms.